The molecule has 4 saturated carbocycles. The Hall–Kier alpha value is -1.41. The zero-order valence-corrected chi connectivity index (χ0v) is 14.1. The van der Waals surface area contributed by atoms with Crippen LogP contribution < -0.4 is 10.5 Å². The van der Waals surface area contributed by atoms with Crippen molar-refractivity contribution in [1.29, 1.82) is 0 Å². The van der Waals surface area contributed by atoms with Crippen LogP contribution in [0.3, 0.4) is 0 Å². The average molecular weight is 330 g/mol. The first-order valence-corrected chi connectivity index (χ1v) is 8.67. The van der Waals surface area contributed by atoms with Gasteiger partial charge in [-0.2, -0.15) is 0 Å². The number of ether oxygens (including phenoxy) is 1. The van der Waals surface area contributed by atoms with E-state index in [0.29, 0.717) is 0 Å². The lowest BCUT2D eigenvalue weighted by atomic mass is 9.54. The van der Waals surface area contributed by atoms with Gasteiger partial charge in [0.25, 0.3) is 0 Å². The van der Waals surface area contributed by atoms with Gasteiger partial charge in [-0.3, -0.25) is 0 Å². The molecule has 2 aromatic carbocycles. The van der Waals surface area contributed by atoms with E-state index < -0.39 is 0 Å². The summed E-state index contributed by atoms with van der Waals surface area (Å²) in [6, 6.07) is 12.4. The summed E-state index contributed by atoms with van der Waals surface area (Å²) in [6.07, 6.45) is 8.13. The van der Waals surface area contributed by atoms with Crippen LogP contribution in [-0.4, -0.2) is 5.60 Å². The van der Waals surface area contributed by atoms with Crippen molar-refractivity contribution >= 4 is 28.9 Å². The van der Waals surface area contributed by atoms with E-state index in [0.717, 1.165) is 34.6 Å². The molecule has 6 rings (SSSR count). The molecule has 0 atom stereocenters. The Kier molecular flexibility index (Phi) is 3.49. The molecule has 0 heterocycles. The summed E-state index contributed by atoms with van der Waals surface area (Å²) in [5.74, 6) is 3.76. The predicted molar refractivity (Wildman–Crippen MR) is 97.1 cm³/mol. The van der Waals surface area contributed by atoms with E-state index in [-0.39, 0.29) is 18.0 Å². The minimum Gasteiger partial charge on any atom is -0.487 e. The van der Waals surface area contributed by atoms with Crippen molar-refractivity contribution < 1.29 is 4.74 Å². The van der Waals surface area contributed by atoms with Crippen LogP contribution in [0, 0.1) is 17.8 Å². The molecule has 122 valence electrons. The smallest absolute Gasteiger partial charge is 0.128 e. The van der Waals surface area contributed by atoms with Gasteiger partial charge in [-0.1, -0.05) is 24.3 Å². The highest BCUT2D eigenvalue weighted by Crippen LogP contribution is 2.57. The molecule has 0 saturated heterocycles. The minimum atomic E-state index is 0. The van der Waals surface area contributed by atoms with Crippen LogP contribution in [0.4, 0.5) is 5.69 Å². The Morgan fingerprint density at radius 2 is 1.39 bits per heavy atom. The quantitative estimate of drug-likeness (QED) is 0.769. The van der Waals surface area contributed by atoms with E-state index in [9.17, 15) is 0 Å². The number of nitrogen functional groups attached to an aromatic ring is 1. The van der Waals surface area contributed by atoms with Crippen LogP contribution in [0.5, 0.6) is 5.75 Å². The Morgan fingerprint density at radius 3 is 2.00 bits per heavy atom. The summed E-state index contributed by atoms with van der Waals surface area (Å²) in [6.45, 7) is 0. The van der Waals surface area contributed by atoms with Gasteiger partial charge in [0.05, 0.1) is 0 Å². The molecule has 0 unspecified atom stereocenters. The Balaban J connectivity index is 0.00000135. The number of halogens is 1. The fraction of sp³-hybridized carbons (Fsp3) is 0.500. The molecule has 0 radical (unpaired) electrons. The molecule has 4 fully saturated rings. The highest BCUT2D eigenvalue weighted by molar-refractivity contribution is 5.97. The highest BCUT2D eigenvalue weighted by atomic mass is 35.5. The summed E-state index contributed by atoms with van der Waals surface area (Å²) in [5.41, 5.74) is 7.08. The maximum Gasteiger partial charge on any atom is 0.128 e. The maximum atomic E-state index is 6.73. The molecule has 4 aliphatic carbocycles. The van der Waals surface area contributed by atoms with Crippen molar-refractivity contribution in [3.05, 3.63) is 36.4 Å². The average Bonchev–Trinajstić information content (AvgIpc) is 2.49. The summed E-state index contributed by atoms with van der Waals surface area (Å²) in [7, 11) is 0. The van der Waals surface area contributed by atoms with Crippen molar-refractivity contribution in [3.63, 3.8) is 0 Å². The molecule has 2 N–H and O–H groups in total. The van der Waals surface area contributed by atoms with E-state index in [1.165, 1.54) is 43.9 Å². The topological polar surface area (TPSA) is 35.2 Å². The van der Waals surface area contributed by atoms with Gasteiger partial charge >= 0.3 is 0 Å². The number of fused-ring (bicyclic) bond motifs is 1. The summed E-state index contributed by atoms with van der Waals surface area (Å²) in [4.78, 5) is 0. The molecule has 0 spiro atoms. The van der Waals surface area contributed by atoms with Gasteiger partial charge in [0, 0.05) is 16.5 Å². The highest BCUT2D eigenvalue weighted by Gasteiger charge is 2.52. The van der Waals surface area contributed by atoms with Crippen LogP contribution in [0.2, 0.25) is 0 Å². The number of anilines is 1. The van der Waals surface area contributed by atoms with E-state index in [2.05, 4.69) is 24.3 Å². The third-order valence-corrected chi connectivity index (χ3v) is 6.23. The standard InChI is InChI=1S/C20H23NO.ClH/c21-18-5-6-19(17-4-2-1-3-16(17)18)22-20-10-13-7-14(11-20)9-15(8-13)12-20;/h1-6,13-15H,7-12,21H2;1H. The van der Waals surface area contributed by atoms with Gasteiger partial charge in [0.15, 0.2) is 0 Å². The lowest BCUT2D eigenvalue weighted by molar-refractivity contribution is -0.107. The third-order valence-electron chi connectivity index (χ3n) is 6.23. The fourth-order valence-corrected chi connectivity index (χ4v) is 5.77. The maximum absolute atomic E-state index is 6.73. The zero-order valence-electron chi connectivity index (χ0n) is 13.3. The monoisotopic (exact) mass is 329 g/mol. The number of hydrogen-bond donors (Lipinski definition) is 1. The molecule has 2 nitrogen and oxygen atoms in total. The number of benzene rings is 2. The second-order valence-corrected chi connectivity index (χ2v) is 7.90. The number of rotatable bonds is 2. The van der Waals surface area contributed by atoms with Crippen LogP contribution in [0.15, 0.2) is 36.4 Å². The molecule has 3 heteroatoms. The molecular weight excluding hydrogens is 306 g/mol. The fourth-order valence-electron chi connectivity index (χ4n) is 5.77. The molecular formula is C20H24ClNO. The Bertz CT molecular complexity index is 706. The van der Waals surface area contributed by atoms with Gasteiger partial charge in [-0.05, 0) is 68.4 Å². The molecule has 23 heavy (non-hydrogen) atoms. The lowest BCUT2D eigenvalue weighted by Crippen LogP contribution is -2.53. The van der Waals surface area contributed by atoms with Crippen molar-refractivity contribution in [1.82, 2.24) is 0 Å². The second-order valence-electron chi connectivity index (χ2n) is 7.90. The Morgan fingerprint density at radius 1 is 0.826 bits per heavy atom. The van der Waals surface area contributed by atoms with Crippen LogP contribution >= 0.6 is 12.4 Å². The van der Waals surface area contributed by atoms with Crippen LogP contribution in [0.1, 0.15) is 38.5 Å². The van der Waals surface area contributed by atoms with Gasteiger partial charge < -0.3 is 10.5 Å². The first-order valence-electron chi connectivity index (χ1n) is 8.67. The first-order chi connectivity index (χ1) is 10.7. The molecule has 4 bridgehead atoms. The van der Waals surface area contributed by atoms with Gasteiger partial charge in [-0.15, -0.1) is 12.4 Å². The van der Waals surface area contributed by atoms with E-state index in [1.807, 2.05) is 12.1 Å². The largest absolute Gasteiger partial charge is 0.487 e. The molecule has 2 aromatic rings. The van der Waals surface area contributed by atoms with Crippen molar-refractivity contribution in [2.24, 2.45) is 17.8 Å². The first kappa shape index (κ1) is 15.1. The second kappa shape index (κ2) is 5.31. The number of nitrogens with two attached hydrogens (primary N) is 1. The van der Waals surface area contributed by atoms with Crippen LogP contribution in [0.25, 0.3) is 10.8 Å². The SMILES string of the molecule is Cl.Nc1ccc(OC23CC4CC(CC(C4)C2)C3)c2ccccc12. The normalized spacial score (nSPS) is 34.3. The Labute approximate surface area is 143 Å². The van der Waals surface area contributed by atoms with E-state index in [1.54, 1.807) is 0 Å². The molecule has 0 aliphatic heterocycles. The lowest BCUT2D eigenvalue weighted by Gasteiger charge is -2.56. The van der Waals surface area contributed by atoms with Crippen molar-refractivity contribution in [2.45, 2.75) is 44.1 Å². The van der Waals surface area contributed by atoms with Crippen LogP contribution in [-0.2, 0) is 0 Å². The summed E-state index contributed by atoms with van der Waals surface area (Å²) in [5, 5.41) is 2.28. The molecule has 4 aliphatic rings. The molecule has 0 aromatic heterocycles. The summed E-state index contributed by atoms with van der Waals surface area (Å²) >= 11 is 0. The van der Waals surface area contributed by atoms with Crippen molar-refractivity contribution in [2.75, 3.05) is 5.73 Å². The minimum absolute atomic E-state index is 0. The zero-order chi connectivity index (χ0) is 14.7. The third kappa shape index (κ3) is 2.39. The predicted octanol–water partition coefficient (Wildman–Crippen LogP) is 5.19. The van der Waals surface area contributed by atoms with E-state index in [4.69, 9.17) is 10.5 Å². The van der Waals surface area contributed by atoms with Crippen molar-refractivity contribution in [3.8, 4) is 5.75 Å². The van der Waals surface area contributed by atoms with Gasteiger partial charge in [-0.25, -0.2) is 0 Å². The summed E-state index contributed by atoms with van der Waals surface area (Å²) < 4.78 is 6.73. The van der Waals surface area contributed by atoms with Gasteiger partial charge in [0.1, 0.15) is 11.4 Å². The van der Waals surface area contributed by atoms with Gasteiger partial charge in [0.2, 0.25) is 0 Å². The van der Waals surface area contributed by atoms with E-state index >= 15 is 0 Å². The molecule has 0 amide bonds. The number of hydrogen-bond acceptors (Lipinski definition) is 2.